The third-order valence-corrected chi connectivity index (χ3v) is 11.0. The summed E-state index contributed by atoms with van der Waals surface area (Å²) in [5, 5.41) is 7.04. The predicted octanol–water partition coefficient (Wildman–Crippen LogP) is 5.94. The number of nitrogens with one attached hydrogen (secondary N) is 1. The maximum absolute atomic E-state index is 12.2. The van der Waals surface area contributed by atoms with E-state index in [4.69, 9.17) is 4.74 Å². The molecule has 35 heavy (non-hydrogen) atoms. The number of carbonyl (C=O) groups is 1. The van der Waals surface area contributed by atoms with Gasteiger partial charge in [0.15, 0.2) is 0 Å². The second-order valence-electron chi connectivity index (χ2n) is 9.86. The first-order valence-electron chi connectivity index (χ1n) is 12.1. The van der Waals surface area contributed by atoms with Gasteiger partial charge in [0.2, 0.25) is 0 Å². The van der Waals surface area contributed by atoms with Gasteiger partial charge in [-0.1, -0.05) is 0 Å². The molecular weight excluding hydrogens is 449 g/mol. The maximum atomic E-state index is 12.2. The Hall–Kier alpha value is -3.42. The van der Waals surface area contributed by atoms with Crippen LogP contribution in [-0.2, 0) is 17.4 Å². The molecule has 0 spiro atoms. The summed E-state index contributed by atoms with van der Waals surface area (Å²) in [5.74, 6) is 0. The van der Waals surface area contributed by atoms with Crippen molar-refractivity contribution < 1.29 is 9.53 Å². The van der Waals surface area contributed by atoms with Crippen molar-refractivity contribution in [3.63, 3.8) is 0 Å². The van der Waals surface area contributed by atoms with E-state index in [1.54, 1.807) is 0 Å². The van der Waals surface area contributed by atoms with Crippen molar-refractivity contribution in [3.05, 3.63) is 126 Å². The van der Waals surface area contributed by atoms with Crippen molar-refractivity contribution >= 4 is 29.3 Å². The summed E-state index contributed by atoms with van der Waals surface area (Å²) in [5.41, 5.74) is 1.81. The van der Waals surface area contributed by atoms with Crippen molar-refractivity contribution in [2.24, 2.45) is 0 Å². The summed E-state index contributed by atoms with van der Waals surface area (Å²) in [6.45, 7) is 6.04. The van der Waals surface area contributed by atoms with E-state index < -0.39 is 19.0 Å². The Morgan fingerprint density at radius 3 is 1.60 bits per heavy atom. The van der Waals surface area contributed by atoms with Crippen LogP contribution in [0.25, 0.3) is 0 Å². The van der Waals surface area contributed by atoms with Crippen molar-refractivity contribution in [1.82, 2.24) is 5.32 Å². The molecule has 4 heteroatoms. The molecule has 4 rings (SSSR count). The molecule has 3 nitrogen and oxygen atoms in total. The Kier molecular flexibility index (Phi) is 7.68. The standard InChI is InChI=1S/C31H34NO2P/c1-31(2,3)34-30(33)32-23-25-14-13-15-26(22-25)24-35(27-16-7-4-8-17-27,28-18-9-5-10-19-28)29-20-11-6-12-21-29/h4-22,35H,23-24H2,1-3H3,(H,32,33). The first-order valence-corrected chi connectivity index (χ1v) is 14.3. The Morgan fingerprint density at radius 2 is 1.14 bits per heavy atom. The number of carbonyl (C=O) groups excluding carboxylic acids is 1. The van der Waals surface area contributed by atoms with Crippen LogP contribution in [0, 0.1) is 0 Å². The first-order chi connectivity index (χ1) is 16.9. The van der Waals surface area contributed by atoms with Gasteiger partial charge in [-0.25, -0.2) is 0 Å². The number of rotatable bonds is 7. The molecule has 0 heterocycles. The van der Waals surface area contributed by atoms with Crippen LogP contribution in [0.1, 0.15) is 31.9 Å². The number of alkyl carbamates (subject to hydrolysis) is 1. The zero-order valence-corrected chi connectivity index (χ0v) is 21.7. The summed E-state index contributed by atoms with van der Waals surface area (Å²) in [4.78, 5) is 12.2. The summed E-state index contributed by atoms with van der Waals surface area (Å²) < 4.78 is 5.40. The second kappa shape index (κ2) is 10.9. The number of ether oxygens (including phenoxy) is 1. The van der Waals surface area contributed by atoms with Gasteiger partial charge in [-0.3, -0.25) is 0 Å². The van der Waals surface area contributed by atoms with Crippen LogP contribution in [-0.4, -0.2) is 11.7 Å². The number of benzene rings is 4. The molecule has 0 saturated heterocycles. The first kappa shape index (κ1) is 24.7. The SMILES string of the molecule is CC(C)(C)OC(=O)NCc1cccc(C[PH](c2ccccc2)(c2ccccc2)c2ccccc2)c1. The van der Waals surface area contributed by atoms with Gasteiger partial charge in [-0.15, -0.1) is 0 Å². The van der Waals surface area contributed by atoms with Crippen LogP contribution in [0.4, 0.5) is 4.79 Å². The molecule has 0 aliphatic heterocycles. The topological polar surface area (TPSA) is 38.3 Å². The van der Waals surface area contributed by atoms with E-state index in [2.05, 4.69) is 121 Å². The zero-order valence-electron chi connectivity index (χ0n) is 20.7. The number of hydrogen-bond acceptors (Lipinski definition) is 2. The van der Waals surface area contributed by atoms with Gasteiger partial charge in [0.25, 0.3) is 0 Å². The van der Waals surface area contributed by atoms with E-state index in [0.29, 0.717) is 6.54 Å². The van der Waals surface area contributed by atoms with Gasteiger partial charge in [0.05, 0.1) is 0 Å². The van der Waals surface area contributed by atoms with E-state index in [1.165, 1.54) is 21.5 Å². The van der Waals surface area contributed by atoms with Gasteiger partial charge in [-0.05, 0) is 0 Å². The Morgan fingerprint density at radius 1 is 0.686 bits per heavy atom. The van der Waals surface area contributed by atoms with Crippen molar-refractivity contribution in [1.29, 1.82) is 0 Å². The van der Waals surface area contributed by atoms with Crippen LogP contribution >= 0.6 is 7.26 Å². The molecule has 4 aromatic rings. The summed E-state index contributed by atoms with van der Waals surface area (Å²) in [6.07, 6.45) is 0.523. The van der Waals surface area contributed by atoms with E-state index in [0.717, 1.165) is 11.7 Å². The molecule has 1 N–H and O–H groups in total. The molecule has 0 fully saturated rings. The Balaban J connectivity index is 1.73. The van der Waals surface area contributed by atoms with Gasteiger partial charge in [-0.2, -0.15) is 0 Å². The minimum absolute atomic E-state index is 0.399. The average Bonchev–Trinajstić information content (AvgIpc) is 2.87. The molecule has 0 bridgehead atoms. The number of hydrogen-bond donors (Lipinski definition) is 1. The minimum atomic E-state index is -2.38. The molecule has 0 unspecified atom stereocenters. The van der Waals surface area contributed by atoms with E-state index in [-0.39, 0.29) is 0 Å². The normalized spacial score (nSPS) is 12.1. The fourth-order valence-corrected chi connectivity index (χ4v) is 9.35. The molecule has 1 amide bonds. The molecule has 0 aromatic heterocycles. The van der Waals surface area contributed by atoms with Crippen molar-refractivity contribution in [2.75, 3.05) is 0 Å². The molecular formula is C31H34NO2P. The summed E-state index contributed by atoms with van der Waals surface area (Å²) in [6, 6.07) is 41.3. The quantitative estimate of drug-likeness (QED) is 0.331. The Bertz CT molecular complexity index is 1140. The van der Waals surface area contributed by atoms with Crippen LogP contribution in [0.2, 0.25) is 0 Å². The van der Waals surface area contributed by atoms with Gasteiger partial charge in [0, 0.05) is 0 Å². The second-order valence-corrected chi connectivity index (χ2v) is 13.8. The summed E-state index contributed by atoms with van der Waals surface area (Å²) in [7, 11) is -2.38. The monoisotopic (exact) mass is 483 g/mol. The molecule has 0 radical (unpaired) electrons. The zero-order chi connectivity index (χ0) is 24.7. The molecule has 0 aliphatic rings. The van der Waals surface area contributed by atoms with Crippen LogP contribution in [0.5, 0.6) is 0 Å². The molecule has 4 aromatic carbocycles. The van der Waals surface area contributed by atoms with E-state index in [1.807, 2.05) is 20.8 Å². The fraction of sp³-hybridized carbons (Fsp3) is 0.194. The van der Waals surface area contributed by atoms with Gasteiger partial charge in [0.1, 0.15) is 0 Å². The van der Waals surface area contributed by atoms with E-state index >= 15 is 0 Å². The Labute approximate surface area is 209 Å². The van der Waals surface area contributed by atoms with Gasteiger partial charge >= 0.3 is 210 Å². The molecule has 0 saturated carbocycles. The molecule has 0 aliphatic carbocycles. The van der Waals surface area contributed by atoms with Crippen LogP contribution in [0.3, 0.4) is 0 Å². The number of amides is 1. The van der Waals surface area contributed by atoms with Gasteiger partial charge < -0.3 is 0 Å². The van der Waals surface area contributed by atoms with Crippen molar-refractivity contribution in [3.8, 4) is 0 Å². The molecule has 180 valence electrons. The average molecular weight is 484 g/mol. The molecule has 0 atom stereocenters. The fourth-order valence-electron chi connectivity index (χ4n) is 4.62. The third-order valence-electron chi connectivity index (χ3n) is 6.10. The van der Waals surface area contributed by atoms with Crippen LogP contribution < -0.4 is 21.2 Å². The third kappa shape index (κ3) is 6.18. The van der Waals surface area contributed by atoms with Crippen molar-refractivity contribution in [2.45, 2.75) is 39.1 Å². The predicted molar refractivity (Wildman–Crippen MR) is 150 cm³/mol. The summed E-state index contributed by atoms with van der Waals surface area (Å²) >= 11 is 0. The van der Waals surface area contributed by atoms with E-state index in [9.17, 15) is 4.79 Å². The van der Waals surface area contributed by atoms with Crippen LogP contribution in [0.15, 0.2) is 115 Å².